The summed E-state index contributed by atoms with van der Waals surface area (Å²) in [6.07, 6.45) is 3.78. The molecule has 2 amide bonds. The van der Waals surface area contributed by atoms with Crippen LogP contribution in [0.3, 0.4) is 0 Å². The van der Waals surface area contributed by atoms with E-state index in [9.17, 15) is 9.59 Å². The van der Waals surface area contributed by atoms with Crippen molar-refractivity contribution in [2.24, 2.45) is 5.92 Å². The standard InChI is InChI=1S/C25H31N3O3/c1-19-9-13-27(14-10-19)15-11-20-5-4-6-21(17-20)26-24(29)12-16-28-22-7-2-3-8-23(22)31-18-25(28)30/h2-8,17,19H,9-16,18H2,1H3,(H,26,29). The van der Waals surface area contributed by atoms with Crippen molar-refractivity contribution in [2.45, 2.75) is 32.6 Å². The van der Waals surface area contributed by atoms with Crippen LogP contribution in [0.25, 0.3) is 0 Å². The smallest absolute Gasteiger partial charge is 0.265 e. The number of carbonyl (C=O) groups is 2. The molecule has 2 heterocycles. The molecule has 0 saturated carbocycles. The van der Waals surface area contributed by atoms with Crippen molar-refractivity contribution >= 4 is 23.2 Å². The number of likely N-dealkylation sites (tertiary alicyclic amines) is 1. The molecule has 0 atom stereocenters. The van der Waals surface area contributed by atoms with Crippen molar-refractivity contribution in [3.63, 3.8) is 0 Å². The molecule has 1 fully saturated rings. The van der Waals surface area contributed by atoms with Crippen LogP contribution in [-0.4, -0.2) is 49.5 Å². The molecule has 0 aromatic heterocycles. The molecule has 0 spiro atoms. The van der Waals surface area contributed by atoms with Crippen LogP contribution in [0, 0.1) is 5.92 Å². The first kappa shape index (κ1) is 21.4. The van der Waals surface area contributed by atoms with Gasteiger partial charge in [-0.15, -0.1) is 0 Å². The highest BCUT2D eigenvalue weighted by atomic mass is 16.5. The fourth-order valence-corrected chi connectivity index (χ4v) is 4.21. The quantitative estimate of drug-likeness (QED) is 0.740. The van der Waals surface area contributed by atoms with Crippen LogP contribution in [-0.2, 0) is 16.0 Å². The summed E-state index contributed by atoms with van der Waals surface area (Å²) in [4.78, 5) is 29.0. The Morgan fingerprint density at radius 3 is 2.74 bits per heavy atom. The summed E-state index contributed by atoms with van der Waals surface area (Å²) in [5.41, 5.74) is 2.76. The van der Waals surface area contributed by atoms with Gasteiger partial charge in [-0.2, -0.15) is 0 Å². The van der Waals surface area contributed by atoms with E-state index in [1.54, 1.807) is 4.90 Å². The lowest BCUT2D eigenvalue weighted by Gasteiger charge is -2.30. The minimum Gasteiger partial charge on any atom is -0.482 e. The Morgan fingerprint density at radius 2 is 1.90 bits per heavy atom. The normalized spacial score (nSPS) is 17.2. The Bertz CT molecular complexity index is 922. The number of amides is 2. The molecular weight excluding hydrogens is 390 g/mol. The summed E-state index contributed by atoms with van der Waals surface area (Å²) in [6.45, 7) is 6.09. The summed E-state index contributed by atoms with van der Waals surface area (Å²) in [5.74, 6) is 1.30. The van der Waals surface area contributed by atoms with Crippen LogP contribution in [0.15, 0.2) is 48.5 Å². The molecule has 2 aromatic rings. The highest BCUT2D eigenvalue weighted by Crippen LogP contribution is 2.31. The number of para-hydroxylation sites is 2. The molecule has 2 aliphatic heterocycles. The van der Waals surface area contributed by atoms with Gasteiger partial charge in [-0.05, 0) is 68.1 Å². The average molecular weight is 422 g/mol. The van der Waals surface area contributed by atoms with Crippen molar-refractivity contribution in [1.82, 2.24) is 4.90 Å². The summed E-state index contributed by atoms with van der Waals surface area (Å²) in [6, 6.07) is 15.5. The second-order valence-corrected chi connectivity index (χ2v) is 8.57. The predicted molar refractivity (Wildman–Crippen MR) is 123 cm³/mol. The van der Waals surface area contributed by atoms with Crippen LogP contribution in [0.5, 0.6) is 5.75 Å². The van der Waals surface area contributed by atoms with E-state index in [0.29, 0.717) is 12.3 Å². The Balaban J connectivity index is 1.28. The maximum absolute atomic E-state index is 12.5. The molecule has 1 saturated heterocycles. The largest absolute Gasteiger partial charge is 0.482 e. The highest BCUT2D eigenvalue weighted by molar-refractivity contribution is 5.99. The van der Waals surface area contributed by atoms with Crippen LogP contribution >= 0.6 is 0 Å². The zero-order chi connectivity index (χ0) is 21.6. The van der Waals surface area contributed by atoms with Gasteiger partial charge in [0.05, 0.1) is 5.69 Å². The lowest BCUT2D eigenvalue weighted by atomic mass is 9.99. The average Bonchev–Trinajstić information content (AvgIpc) is 2.78. The van der Waals surface area contributed by atoms with E-state index in [-0.39, 0.29) is 24.8 Å². The third kappa shape index (κ3) is 5.64. The minimum absolute atomic E-state index is 0.0105. The number of fused-ring (bicyclic) bond motifs is 1. The van der Waals surface area contributed by atoms with Crippen LogP contribution in [0.2, 0.25) is 0 Å². The summed E-state index contributed by atoms with van der Waals surface area (Å²) >= 11 is 0. The first-order chi connectivity index (χ1) is 15.1. The van der Waals surface area contributed by atoms with Gasteiger partial charge in [0.15, 0.2) is 6.61 Å². The lowest BCUT2D eigenvalue weighted by Crippen LogP contribution is -2.40. The molecule has 2 aliphatic rings. The second kappa shape index (κ2) is 9.96. The number of benzene rings is 2. The lowest BCUT2D eigenvalue weighted by molar-refractivity contribution is -0.121. The molecular formula is C25H31N3O3. The van der Waals surface area contributed by atoms with Crippen molar-refractivity contribution in [2.75, 3.05) is 43.0 Å². The van der Waals surface area contributed by atoms with E-state index in [2.05, 4.69) is 29.3 Å². The maximum atomic E-state index is 12.5. The van der Waals surface area contributed by atoms with Crippen molar-refractivity contribution in [3.05, 3.63) is 54.1 Å². The first-order valence-corrected chi connectivity index (χ1v) is 11.2. The van der Waals surface area contributed by atoms with Gasteiger partial charge in [0.2, 0.25) is 5.91 Å². The molecule has 6 heteroatoms. The fraction of sp³-hybridized carbons (Fsp3) is 0.440. The van der Waals surface area contributed by atoms with Gasteiger partial charge >= 0.3 is 0 Å². The van der Waals surface area contributed by atoms with Gasteiger partial charge in [0.1, 0.15) is 5.75 Å². The van der Waals surface area contributed by atoms with Gasteiger partial charge in [-0.3, -0.25) is 9.59 Å². The Hall–Kier alpha value is -2.86. The van der Waals surface area contributed by atoms with Crippen LogP contribution in [0.4, 0.5) is 11.4 Å². The monoisotopic (exact) mass is 421 g/mol. The van der Waals surface area contributed by atoms with Gasteiger partial charge in [-0.25, -0.2) is 0 Å². The van der Waals surface area contributed by atoms with Crippen molar-refractivity contribution in [3.8, 4) is 5.75 Å². The van der Waals surface area contributed by atoms with Gasteiger partial charge in [0.25, 0.3) is 5.91 Å². The van der Waals surface area contributed by atoms with E-state index < -0.39 is 0 Å². The SMILES string of the molecule is CC1CCN(CCc2cccc(NC(=O)CCN3C(=O)COc4ccccc43)c2)CC1. The third-order valence-corrected chi connectivity index (χ3v) is 6.17. The van der Waals surface area contributed by atoms with Crippen molar-refractivity contribution < 1.29 is 14.3 Å². The number of hydrogen-bond donors (Lipinski definition) is 1. The Morgan fingerprint density at radius 1 is 1.10 bits per heavy atom. The number of hydrogen-bond acceptors (Lipinski definition) is 4. The van der Waals surface area contributed by atoms with Crippen molar-refractivity contribution in [1.29, 1.82) is 0 Å². The van der Waals surface area contributed by atoms with E-state index in [1.165, 1.54) is 31.5 Å². The molecule has 0 radical (unpaired) electrons. The molecule has 0 aliphatic carbocycles. The third-order valence-electron chi connectivity index (χ3n) is 6.17. The van der Waals surface area contributed by atoms with Gasteiger partial charge in [-0.1, -0.05) is 31.2 Å². The number of anilines is 2. The number of carbonyl (C=O) groups excluding carboxylic acids is 2. The first-order valence-electron chi connectivity index (χ1n) is 11.2. The Kier molecular flexibility index (Phi) is 6.87. The molecule has 4 rings (SSSR count). The molecule has 31 heavy (non-hydrogen) atoms. The topological polar surface area (TPSA) is 61.9 Å². The zero-order valence-corrected chi connectivity index (χ0v) is 18.2. The highest BCUT2D eigenvalue weighted by Gasteiger charge is 2.25. The van der Waals surface area contributed by atoms with Crippen LogP contribution in [0.1, 0.15) is 31.7 Å². The molecule has 164 valence electrons. The van der Waals surface area contributed by atoms with Crippen LogP contribution < -0.4 is 15.0 Å². The molecule has 2 aromatic carbocycles. The van der Waals surface area contributed by atoms with E-state index in [0.717, 1.165) is 30.3 Å². The van der Waals surface area contributed by atoms with E-state index in [1.807, 2.05) is 36.4 Å². The molecule has 6 nitrogen and oxygen atoms in total. The number of nitrogens with zero attached hydrogens (tertiary/aromatic N) is 2. The van der Waals surface area contributed by atoms with E-state index >= 15 is 0 Å². The predicted octanol–water partition coefficient (Wildman–Crippen LogP) is 3.72. The molecule has 0 unspecified atom stereocenters. The fourth-order valence-electron chi connectivity index (χ4n) is 4.21. The summed E-state index contributed by atoms with van der Waals surface area (Å²) in [7, 11) is 0. The molecule has 0 bridgehead atoms. The van der Waals surface area contributed by atoms with E-state index in [4.69, 9.17) is 4.74 Å². The summed E-state index contributed by atoms with van der Waals surface area (Å²) < 4.78 is 5.46. The number of ether oxygens (including phenoxy) is 1. The Labute approximate surface area is 184 Å². The minimum atomic E-state index is -0.124. The maximum Gasteiger partial charge on any atom is 0.265 e. The molecule has 1 N–H and O–H groups in total. The van der Waals surface area contributed by atoms with Gasteiger partial charge in [0, 0.05) is 25.2 Å². The number of nitrogens with one attached hydrogen (secondary N) is 1. The number of rotatable bonds is 7. The second-order valence-electron chi connectivity index (χ2n) is 8.57. The van der Waals surface area contributed by atoms with Gasteiger partial charge < -0.3 is 19.9 Å². The zero-order valence-electron chi connectivity index (χ0n) is 18.2. The summed E-state index contributed by atoms with van der Waals surface area (Å²) in [5, 5.41) is 2.98. The number of piperidine rings is 1.